The summed E-state index contributed by atoms with van der Waals surface area (Å²) in [6.45, 7) is 0.708. The average Bonchev–Trinajstić information content (AvgIpc) is 2.25. The molecule has 0 atom stereocenters. The van der Waals surface area contributed by atoms with E-state index in [9.17, 15) is 9.59 Å². The van der Waals surface area contributed by atoms with Gasteiger partial charge in [0.25, 0.3) is 0 Å². The van der Waals surface area contributed by atoms with Crippen molar-refractivity contribution in [2.45, 2.75) is 0 Å². The zero-order chi connectivity index (χ0) is 12.1. The van der Waals surface area contributed by atoms with Crippen LogP contribution in [0, 0.1) is 0 Å². The van der Waals surface area contributed by atoms with Crippen molar-refractivity contribution in [3.8, 4) is 0 Å². The first-order valence-corrected chi connectivity index (χ1v) is 4.61. The number of carboxylic acids is 2. The van der Waals surface area contributed by atoms with Gasteiger partial charge in [-0.05, 0) is 18.2 Å². The standard InChI is InChI=1S/C10H12N2O4/c11-3-4-12-8-5-6(9(13)14)1-2-7(8)10(15)16/h1-2,5,12H,3-4,11H2,(H,13,14)(H,15,16). The molecular weight excluding hydrogens is 212 g/mol. The van der Waals surface area contributed by atoms with E-state index in [0.717, 1.165) is 0 Å². The Morgan fingerprint density at radius 3 is 2.44 bits per heavy atom. The van der Waals surface area contributed by atoms with Crippen molar-refractivity contribution in [2.75, 3.05) is 18.4 Å². The summed E-state index contributed by atoms with van der Waals surface area (Å²) < 4.78 is 0. The van der Waals surface area contributed by atoms with Crippen molar-refractivity contribution in [3.63, 3.8) is 0 Å². The molecule has 0 aliphatic rings. The highest BCUT2D eigenvalue weighted by molar-refractivity contribution is 5.97. The molecule has 6 nitrogen and oxygen atoms in total. The van der Waals surface area contributed by atoms with Gasteiger partial charge in [-0.15, -0.1) is 0 Å². The highest BCUT2D eigenvalue weighted by atomic mass is 16.4. The lowest BCUT2D eigenvalue weighted by Crippen LogP contribution is -2.15. The van der Waals surface area contributed by atoms with Crippen molar-refractivity contribution in [2.24, 2.45) is 5.73 Å². The Kier molecular flexibility index (Phi) is 3.84. The molecule has 0 saturated carbocycles. The Bertz CT molecular complexity index is 417. The lowest BCUT2D eigenvalue weighted by molar-refractivity contribution is 0.0682. The first kappa shape index (κ1) is 12.0. The van der Waals surface area contributed by atoms with Gasteiger partial charge in [0.1, 0.15) is 0 Å². The topological polar surface area (TPSA) is 113 Å². The molecule has 0 heterocycles. The van der Waals surface area contributed by atoms with Crippen molar-refractivity contribution >= 4 is 17.6 Å². The second-order valence-electron chi connectivity index (χ2n) is 3.09. The van der Waals surface area contributed by atoms with Crippen LogP contribution < -0.4 is 11.1 Å². The third-order valence-corrected chi connectivity index (χ3v) is 1.96. The lowest BCUT2D eigenvalue weighted by atomic mass is 10.1. The second kappa shape index (κ2) is 5.13. The van der Waals surface area contributed by atoms with E-state index in [-0.39, 0.29) is 16.8 Å². The predicted octanol–water partition coefficient (Wildman–Crippen LogP) is 0.454. The fourth-order valence-electron chi connectivity index (χ4n) is 1.22. The van der Waals surface area contributed by atoms with Crippen LogP contribution in [0.4, 0.5) is 5.69 Å². The maximum Gasteiger partial charge on any atom is 0.337 e. The molecule has 6 heteroatoms. The first-order chi connectivity index (χ1) is 7.56. The van der Waals surface area contributed by atoms with Gasteiger partial charge in [0.15, 0.2) is 0 Å². The predicted molar refractivity (Wildman–Crippen MR) is 57.9 cm³/mol. The Morgan fingerprint density at radius 2 is 1.94 bits per heavy atom. The van der Waals surface area contributed by atoms with Gasteiger partial charge < -0.3 is 21.3 Å². The number of rotatable bonds is 5. The van der Waals surface area contributed by atoms with Gasteiger partial charge in [-0.25, -0.2) is 9.59 Å². The van der Waals surface area contributed by atoms with E-state index in [1.54, 1.807) is 0 Å². The van der Waals surface area contributed by atoms with Crippen LogP contribution in [0.2, 0.25) is 0 Å². The molecule has 0 bridgehead atoms. The number of carboxylic acid groups (broad SMARTS) is 2. The number of carbonyl (C=O) groups is 2. The number of hydrogen-bond acceptors (Lipinski definition) is 4. The van der Waals surface area contributed by atoms with Gasteiger partial charge in [0.05, 0.1) is 11.1 Å². The minimum Gasteiger partial charge on any atom is -0.478 e. The number of nitrogens with two attached hydrogens (primary N) is 1. The van der Waals surface area contributed by atoms with Crippen LogP contribution >= 0.6 is 0 Å². The van der Waals surface area contributed by atoms with E-state index in [2.05, 4.69) is 5.32 Å². The van der Waals surface area contributed by atoms with E-state index in [4.69, 9.17) is 15.9 Å². The second-order valence-corrected chi connectivity index (χ2v) is 3.09. The average molecular weight is 224 g/mol. The fourth-order valence-corrected chi connectivity index (χ4v) is 1.22. The van der Waals surface area contributed by atoms with Crippen molar-refractivity contribution in [1.29, 1.82) is 0 Å². The summed E-state index contributed by atoms with van der Waals surface area (Å²) in [6, 6.07) is 3.78. The van der Waals surface area contributed by atoms with Crippen LogP contribution in [0.3, 0.4) is 0 Å². The molecule has 0 aliphatic carbocycles. The van der Waals surface area contributed by atoms with Gasteiger partial charge in [-0.3, -0.25) is 0 Å². The summed E-state index contributed by atoms with van der Waals surface area (Å²) in [4.78, 5) is 21.6. The quantitative estimate of drug-likeness (QED) is 0.577. The monoisotopic (exact) mass is 224 g/mol. The van der Waals surface area contributed by atoms with E-state index in [1.165, 1.54) is 18.2 Å². The van der Waals surface area contributed by atoms with Gasteiger partial charge in [-0.2, -0.15) is 0 Å². The molecule has 0 spiro atoms. The number of benzene rings is 1. The van der Waals surface area contributed by atoms with Crippen molar-refractivity contribution < 1.29 is 19.8 Å². The van der Waals surface area contributed by atoms with Gasteiger partial charge in [0, 0.05) is 18.8 Å². The smallest absolute Gasteiger partial charge is 0.337 e. The van der Waals surface area contributed by atoms with Crippen molar-refractivity contribution in [1.82, 2.24) is 0 Å². The van der Waals surface area contributed by atoms with Crippen LogP contribution in [-0.2, 0) is 0 Å². The van der Waals surface area contributed by atoms with Crippen LogP contribution in [0.5, 0.6) is 0 Å². The van der Waals surface area contributed by atoms with Crippen LogP contribution in [0.15, 0.2) is 18.2 Å². The molecule has 0 fully saturated rings. The number of aromatic carboxylic acids is 2. The van der Waals surface area contributed by atoms with E-state index >= 15 is 0 Å². The van der Waals surface area contributed by atoms with Crippen LogP contribution in [-0.4, -0.2) is 35.2 Å². The van der Waals surface area contributed by atoms with Gasteiger partial charge in [0.2, 0.25) is 0 Å². The summed E-state index contributed by atoms with van der Waals surface area (Å²) in [5, 5.41) is 20.4. The fraction of sp³-hybridized carbons (Fsp3) is 0.200. The molecule has 1 rings (SSSR count). The van der Waals surface area contributed by atoms with Gasteiger partial charge >= 0.3 is 11.9 Å². The molecular formula is C10H12N2O4. The summed E-state index contributed by atoms with van der Waals surface area (Å²) in [7, 11) is 0. The number of anilines is 1. The minimum atomic E-state index is -1.11. The van der Waals surface area contributed by atoms with Crippen LogP contribution in [0.25, 0.3) is 0 Å². The molecule has 16 heavy (non-hydrogen) atoms. The maximum atomic E-state index is 10.8. The molecule has 0 saturated heterocycles. The molecule has 0 unspecified atom stereocenters. The summed E-state index contributed by atoms with van der Waals surface area (Å²) in [5.41, 5.74) is 5.59. The van der Waals surface area contributed by atoms with E-state index in [0.29, 0.717) is 13.1 Å². The molecule has 1 aromatic carbocycles. The highest BCUT2D eigenvalue weighted by Crippen LogP contribution is 2.17. The SMILES string of the molecule is NCCNc1cc(C(=O)O)ccc1C(=O)O. The Balaban J connectivity index is 3.10. The molecule has 0 amide bonds. The Morgan fingerprint density at radius 1 is 1.25 bits per heavy atom. The molecule has 0 aromatic heterocycles. The molecule has 1 aromatic rings. The number of nitrogens with one attached hydrogen (secondary N) is 1. The maximum absolute atomic E-state index is 10.8. The molecule has 0 radical (unpaired) electrons. The first-order valence-electron chi connectivity index (χ1n) is 4.61. The van der Waals surface area contributed by atoms with E-state index < -0.39 is 11.9 Å². The molecule has 86 valence electrons. The van der Waals surface area contributed by atoms with E-state index in [1.807, 2.05) is 0 Å². The third kappa shape index (κ3) is 2.71. The summed E-state index contributed by atoms with van der Waals surface area (Å²) >= 11 is 0. The lowest BCUT2D eigenvalue weighted by Gasteiger charge is -2.09. The summed E-state index contributed by atoms with van der Waals surface area (Å²) in [5.74, 6) is -2.22. The largest absolute Gasteiger partial charge is 0.478 e. The number of hydrogen-bond donors (Lipinski definition) is 4. The zero-order valence-corrected chi connectivity index (χ0v) is 8.43. The third-order valence-electron chi connectivity index (χ3n) is 1.96. The summed E-state index contributed by atoms with van der Waals surface area (Å²) in [6.07, 6.45) is 0. The van der Waals surface area contributed by atoms with Gasteiger partial charge in [-0.1, -0.05) is 0 Å². The molecule has 0 aliphatic heterocycles. The van der Waals surface area contributed by atoms with Crippen molar-refractivity contribution in [3.05, 3.63) is 29.3 Å². The highest BCUT2D eigenvalue weighted by Gasteiger charge is 2.12. The zero-order valence-electron chi connectivity index (χ0n) is 8.43. The Hall–Kier alpha value is -2.08. The Labute approximate surface area is 91.7 Å². The van der Waals surface area contributed by atoms with Crippen LogP contribution in [0.1, 0.15) is 20.7 Å². The normalized spacial score (nSPS) is 9.81. The molecule has 5 N–H and O–H groups in total. The minimum absolute atomic E-state index is 0.0263.